The monoisotopic (exact) mass is 436 g/mol. The summed E-state index contributed by atoms with van der Waals surface area (Å²) in [5, 5.41) is 33.4. The SMILES string of the molecule is Cc1c([C@H](O)CN2CCCC2CNCC(O)c2ccc(C#N)cn2)ccc2c1COC2=O. The number of nitrogens with zero attached hydrogens (tertiary/aromatic N) is 3. The number of aliphatic hydroxyl groups is 2. The number of hydrogen-bond acceptors (Lipinski definition) is 8. The standard InChI is InChI=1S/C24H28N4O4/c1-15-18(5-6-19-20(15)14-32-24(19)31)23(30)13-28-8-2-3-17(28)11-26-12-22(29)21-7-4-16(9-25)10-27-21/h4-7,10,17,22-23,26,29-30H,2-3,8,11-14H2,1H3/t17?,22?,23-/m1/s1. The van der Waals surface area contributed by atoms with Gasteiger partial charge in [0, 0.05) is 37.4 Å². The van der Waals surface area contributed by atoms with Crippen molar-refractivity contribution in [2.24, 2.45) is 0 Å². The van der Waals surface area contributed by atoms with Gasteiger partial charge >= 0.3 is 5.97 Å². The third-order valence-corrected chi connectivity index (χ3v) is 6.45. The molecule has 1 saturated heterocycles. The topological polar surface area (TPSA) is 119 Å². The van der Waals surface area contributed by atoms with E-state index in [1.165, 1.54) is 6.20 Å². The number of benzene rings is 1. The van der Waals surface area contributed by atoms with Gasteiger partial charge in [0.2, 0.25) is 0 Å². The molecule has 3 N–H and O–H groups in total. The average Bonchev–Trinajstić information content (AvgIpc) is 3.40. The van der Waals surface area contributed by atoms with Crippen molar-refractivity contribution in [1.29, 1.82) is 5.26 Å². The van der Waals surface area contributed by atoms with Gasteiger partial charge in [-0.2, -0.15) is 5.26 Å². The summed E-state index contributed by atoms with van der Waals surface area (Å²) in [6, 6.07) is 9.18. The van der Waals surface area contributed by atoms with Crippen molar-refractivity contribution in [3.63, 3.8) is 0 Å². The second-order valence-corrected chi connectivity index (χ2v) is 8.45. The molecule has 0 amide bonds. The largest absolute Gasteiger partial charge is 0.457 e. The van der Waals surface area contributed by atoms with Crippen molar-refractivity contribution in [3.8, 4) is 6.07 Å². The van der Waals surface area contributed by atoms with Crippen LogP contribution in [0.25, 0.3) is 0 Å². The first-order chi connectivity index (χ1) is 15.5. The fraction of sp³-hybridized carbons (Fsp3) is 0.458. The van der Waals surface area contributed by atoms with Crippen LogP contribution >= 0.6 is 0 Å². The fourth-order valence-corrected chi connectivity index (χ4v) is 4.58. The number of carbonyl (C=O) groups excluding carboxylic acids is 1. The Bertz CT molecular complexity index is 1020. The molecule has 3 atom stereocenters. The van der Waals surface area contributed by atoms with Crippen LogP contribution in [0.3, 0.4) is 0 Å². The maximum absolute atomic E-state index is 11.8. The highest BCUT2D eigenvalue weighted by Gasteiger charge is 2.29. The van der Waals surface area contributed by atoms with E-state index in [1.807, 2.05) is 19.1 Å². The van der Waals surface area contributed by atoms with E-state index >= 15 is 0 Å². The van der Waals surface area contributed by atoms with Gasteiger partial charge in [-0.05, 0) is 55.6 Å². The van der Waals surface area contributed by atoms with Crippen molar-refractivity contribution in [1.82, 2.24) is 15.2 Å². The molecule has 4 rings (SSSR count). The zero-order valence-corrected chi connectivity index (χ0v) is 18.1. The number of nitrogens with one attached hydrogen (secondary N) is 1. The van der Waals surface area contributed by atoms with Crippen molar-refractivity contribution < 1.29 is 19.7 Å². The molecule has 0 saturated carbocycles. The van der Waals surface area contributed by atoms with E-state index in [0.29, 0.717) is 36.5 Å². The molecule has 8 heteroatoms. The molecule has 1 aromatic heterocycles. The zero-order valence-electron chi connectivity index (χ0n) is 18.1. The Morgan fingerprint density at radius 3 is 2.91 bits per heavy atom. The second kappa shape index (κ2) is 9.76. The van der Waals surface area contributed by atoms with Crippen molar-refractivity contribution >= 4 is 5.97 Å². The van der Waals surface area contributed by atoms with E-state index in [9.17, 15) is 15.0 Å². The summed E-state index contributed by atoms with van der Waals surface area (Å²) in [4.78, 5) is 18.2. The van der Waals surface area contributed by atoms with E-state index < -0.39 is 12.2 Å². The molecule has 0 radical (unpaired) electrons. The van der Waals surface area contributed by atoms with Gasteiger partial charge in [0.25, 0.3) is 0 Å². The molecule has 1 aromatic carbocycles. The van der Waals surface area contributed by atoms with E-state index in [0.717, 1.165) is 36.1 Å². The van der Waals surface area contributed by atoms with Crippen LogP contribution in [-0.4, -0.2) is 58.3 Å². The lowest BCUT2D eigenvalue weighted by Crippen LogP contribution is -2.41. The smallest absolute Gasteiger partial charge is 0.338 e. The van der Waals surface area contributed by atoms with Crippen LogP contribution in [0.4, 0.5) is 0 Å². The molecular formula is C24H28N4O4. The minimum Gasteiger partial charge on any atom is -0.457 e. The van der Waals surface area contributed by atoms with Gasteiger partial charge in [0.1, 0.15) is 18.8 Å². The van der Waals surface area contributed by atoms with Crippen molar-refractivity contribution in [2.75, 3.05) is 26.2 Å². The summed E-state index contributed by atoms with van der Waals surface area (Å²) in [5.41, 5.74) is 4.22. The number of β-amino-alcohol motifs (C(OH)–C–C–N with tert-alkyl or cyclic N) is 1. The third kappa shape index (κ3) is 4.66. The number of rotatable bonds is 8. The fourth-order valence-electron chi connectivity index (χ4n) is 4.58. The number of aliphatic hydroxyl groups excluding tert-OH is 2. The number of nitriles is 1. The predicted molar refractivity (Wildman–Crippen MR) is 117 cm³/mol. The number of carbonyl (C=O) groups is 1. The first kappa shape index (κ1) is 22.4. The second-order valence-electron chi connectivity index (χ2n) is 8.45. The average molecular weight is 437 g/mol. The quantitative estimate of drug-likeness (QED) is 0.536. The molecule has 0 spiro atoms. The summed E-state index contributed by atoms with van der Waals surface area (Å²) >= 11 is 0. The van der Waals surface area contributed by atoms with Gasteiger partial charge in [-0.25, -0.2) is 4.79 Å². The van der Waals surface area contributed by atoms with Crippen LogP contribution in [0.5, 0.6) is 0 Å². The van der Waals surface area contributed by atoms with Gasteiger partial charge in [-0.3, -0.25) is 9.88 Å². The number of ether oxygens (including phenoxy) is 1. The highest BCUT2D eigenvalue weighted by Crippen LogP contribution is 2.30. The van der Waals surface area contributed by atoms with E-state index in [4.69, 9.17) is 10.00 Å². The molecular weight excluding hydrogens is 408 g/mol. The number of aromatic nitrogens is 1. The molecule has 2 unspecified atom stereocenters. The van der Waals surface area contributed by atoms with Gasteiger partial charge in [-0.1, -0.05) is 6.07 Å². The Kier molecular flexibility index (Phi) is 6.82. The van der Waals surface area contributed by atoms with Crippen LogP contribution < -0.4 is 5.32 Å². The van der Waals surface area contributed by atoms with Gasteiger partial charge in [-0.15, -0.1) is 0 Å². The van der Waals surface area contributed by atoms with E-state index in [-0.39, 0.29) is 18.6 Å². The molecule has 0 aliphatic carbocycles. The lowest BCUT2D eigenvalue weighted by atomic mass is 9.95. The minimum absolute atomic E-state index is 0.269. The van der Waals surface area contributed by atoms with Crippen molar-refractivity contribution in [2.45, 2.75) is 44.6 Å². The van der Waals surface area contributed by atoms with Crippen LogP contribution in [-0.2, 0) is 11.3 Å². The van der Waals surface area contributed by atoms with E-state index in [2.05, 4.69) is 15.2 Å². The Morgan fingerprint density at radius 1 is 1.31 bits per heavy atom. The first-order valence-electron chi connectivity index (χ1n) is 10.9. The van der Waals surface area contributed by atoms with Gasteiger partial charge < -0.3 is 20.3 Å². The Balaban J connectivity index is 1.31. The number of fused-ring (bicyclic) bond motifs is 1. The highest BCUT2D eigenvalue weighted by atomic mass is 16.5. The summed E-state index contributed by atoms with van der Waals surface area (Å²) in [6.07, 6.45) is 2.15. The summed E-state index contributed by atoms with van der Waals surface area (Å²) in [6.45, 7) is 4.69. The number of hydrogen-bond donors (Lipinski definition) is 3. The maximum atomic E-state index is 11.8. The number of cyclic esters (lactones) is 1. The lowest BCUT2D eigenvalue weighted by Gasteiger charge is -2.28. The normalized spacial score (nSPS) is 19.9. The highest BCUT2D eigenvalue weighted by molar-refractivity contribution is 5.93. The number of pyridine rings is 1. The molecule has 32 heavy (non-hydrogen) atoms. The van der Waals surface area contributed by atoms with Crippen molar-refractivity contribution in [3.05, 3.63) is 64.0 Å². The van der Waals surface area contributed by atoms with E-state index in [1.54, 1.807) is 18.2 Å². The molecule has 2 aromatic rings. The Labute approximate surface area is 187 Å². The number of esters is 1. The maximum Gasteiger partial charge on any atom is 0.338 e. The predicted octanol–water partition coefficient (Wildman–Crippen LogP) is 1.75. The van der Waals surface area contributed by atoms with Crippen LogP contribution in [0.15, 0.2) is 30.5 Å². The lowest BCUT2D eigenvalue weighted by molar-refractivity contribution is 0.0535. The summed E-state index contributed by atoms with van der Waals surface area (Å²) in [7, 11) is 0. The number of likely N-dealkylation sites (tertiary alicyclic amines) is 1. The molecule has 8 nitrogen and oxygen atoms in total. The molecule has 168 valence electrons. The Hall–Kier alpha value is -2.83. The molecule has 2 aliphatic heterocycles. The van der Waals surface area contributed by atoms with Gasteiger partial charge in [0.05, 0.1) is 22.9 Å². The molecule has 3 heterocycles. The Morgan fingerprint density at radius 2 is 2.16 bits per heavy atom. The first-order valence-corrected chi connectivity index (χ1v) is 10.9. The zero-order chi connectivity index (χ0) is 22.7. The summed E-state index contributed by atoms with van der Waals surface area (Å²) in [5.74, 6) is -0.298. The van der Waals surface area contributed by atoms with Crippen LogP contribution in [0.1, 0.15) is 63.4 Å². The molecule has 2 aliphatic rings. The molecule has 0 bridgehead atoms. The van der Waals surface area contributed by atoms with Gasteiger partial charge in [0.15, 0.2) is 0 Å². The van der Waals surface area contributed by atoms with Crippen LogP contribution in [0, 0.1) is 18.3 Å². The van der Waals surface area contributed by atoms with Crippen LogP contribution in [0.2, 0.25) is 0 Å². The molecule has 1 fully saturated rings. The summed E-state index contributed by atoms with van der Waals surface area (Å²) < 4.78 is 5.12. The third-order valence-electron chi connectivity index (χ3n) is 6.45. The minimum atomic E-state index is -0.748.